The van der Waals surface area contributed by atoms with Crippen molar-refractivity contribution in [2.45, 2.75) is 18.9 Å². The van der Waals surface area contributed by atoms with Crippen LogP contribution < -0.4 is 10.5 Å². The molecule has 0 radical (unpaired) electrons. The number of hydrogen-bond donors (Lipinski definition) is 1. The molecule has 0 unspecified atom stereocenters. The number of benzene rings is 2. The Morgan fingerprint density at radius 2 is 1.80 bits per heavy atom. The zero-order chi connectivity index (χ0) is 21.1. The van der Waals surface area contributed by atoms with Gasteiger partial charge >= 0.3 is 0 Å². The van der Waals surface area contributed by atoms with Crippen molar-refractivity contribution in [2.75, 3.05) is 18.8 Å². The summed E-state index contributed by atoms with van der Waals surface area (Å²) in [5.41, 5.74) is 7.86. The van der Waals surface area contributed by atoms with E-state index in [2.05, 4.69) is 11.7 Å². The van der Waals surface area contributed by atoms with Gasteiger partial charge in [0.15, 0.2) is 0 Å². The molecule has 0 amide bonds. The first-order valence-corrected chi connectivity index (χ1v) is 11.3. The average Bonchev–Trinajstić information content (AvgIpc) is 3.17. The van der Waals surface area contributed by atoms with Crippen molar-refractivity contribution >= 4 is 15.8 Å². The van der Waals surface area contributed by atoms with E-state index in [1.807, 2.05) is 60.7 Å². The highest BCUT2D eigenvalue weighted by Gasteiger charge is 2.29. The van der Waals surface area contributed by atoms with Crippen LogP contribution >= 0.6 is 0 Å². The van der Waals surface area contributed by atoms with Gasteiger partial charge in [0.05, 0.1) is 11.7 Å². The molecule has 0 bridgehead atoms. The minimum absolute atomic E-state index is 0.108. The number of aromatic nitrogens is 2. The van der Waals surface area contributed by atoms with Crippen LogP contribution in [0.1, 0.15) is 18.9 Å². The Balaban J connectivity index is 1.52. The van der Waals surface area contributed by atoms with Crippen LogP contribution in [-0.4, -0.2) is 35.6 Å². The van der Waals surface area contributed by atoms with E-state index in [-0.39, 0.29) is 6.04 Å². The Labute approximate surface area is 176 Å². The Morgan fingerprint density at radius 1 is 1.10 bits per heavy atom. The number of rotatable bonds is 6. The maximum Gasteiger partial charge on any atom is 0.235 e. The van der Waals surface area contributed by atoms with Crippen LogP contribution in [0.3, 0.4) is 0 Å². The molecule has 1 atom stereocenters. The quantitative estimate of drug-likeness (QED) is 0.645. The summed E-state index contributed by atoms with van der Waals surface area (Å²) >= 11 is 0. The minimum Gasteiger partial charge on any atom is -0.457 e. The summed E-state index contributed by atoms with van der Waals surface area (Å²) in [6.07, 6.45) is 1.57. The van der Waals surface area contributed by atoms with E-state index < -0.39 is 10.0 Å². The van der Waals surface area contributed by atoms with Crippen LogP contribution in [0, 0.1) is 0 Å². The summed E-state index contributed by atoms with van der Waals surface area (Å²) in [6, 6.07) is 18.9. The summed E-state index contributed by atoms with van der Waals surface area (Å²) in [5.74, 6) is 2.02. The number of para-hydroxylation sites is 1. The maximum atomic E-state index is 12.1. The van der Waals surface area contributed by atoms with Crippen LogP contribution in [0.25, 0.3) is 11.3 Å². The molecule has 2 heterocycles. The molecule has 156 valence electrons. The molecule has 0 aliphatic carbocycles. The molecule has 1 aliphatic heterocycles. The van der Waals surface area contributed by atoms with Gasteiger partial charge in [0.2, 0.25) is 10.0 Å². The first kappa shape index (κ1) is 20.2. The third-order valence-electron chi connectivity index (χ3n) is 5.17. The van der Waals surface area contributed by atoms with Crippen molar-refractivity contribution in [1.29, 1.82) is 0 Å². The van der Waals surface area contributed by atoms with Gasteiger partial charge in [0.1, 0.15) is 17.3 Å². The molecule has 7 nitrogen and oxygen atoms in total. The average molecular weight is 425 g/mol. The van der Waals surface area contributed by atoms with Crippen LogP contribution in [0.15, 0.2) is 72.7 Å². The van der Waals surface area contributed by atoms with E-state index in [4.69, 9.17) is 10.5 Å². The highest BCUT2D eigenvalue weighted by Crippen LogP contribution is 2.30. The van der Waals surface area contributed by atoms with Crippen LogP contribution in [0.4, 0.5) is 5.82 Å². The largest absolute Gasteiger partial charge is 0.457 e. The van der Waals surface area contributed by atoms with Gasteiger partial charge in [0.25, 0.3) is 0 Å². The van der Waals surface area contributed by atoms with Gasteiger partial charge < -0.3 is 10.5 Å². The second-order valence-corrected chi connectivity index (χ2v) is 9.08. The van der Waals surface area contributed by atoms with Crippen molar-refractivity contribution in [3.8, 4) is 22.8 Å². The normalized spacial score (nSPS) is 17.5. The van der Waals surface area contributed by atoms with E-state index in [9.17, 15) is 8.42 Å². The molecule has 1 aromatic heterocycles. The minimum atomic E-state index is -3.45. The molecular weight excluding hydrogens is 400 g/mol. The molecule has 2 N–H and O–H groups in total. The van der Waals surface area contributed by atoms with E-state index >= 15 is 0 Å². The van der Waals surface area contributed by atoms with Crippen molar-refractivity contribution in [3.05, 3.63) is 72.7 Å². The van der Waals surface area contributed by atoms with E-state index in [1.165, 1.54) is 4.31 Å². The van der Waals surface area contributed by atoms with Gasteiger partial charge in [-0.3, -0.25) is 0 Å². The highest BCUT2D eigenvalue weighted by atomic mass is 32.2. The summed E-state index contributed by atoms with van der Waals surface area (Å²) in [6.45, 7) is 4.24. The lowest BCUT2D eigenvalue weighted by Crippen LogP contribution is -2.40. The molecule has 8 heteroatoms. The molecule has 4 rings (SSSR count). The molecule has 3 aromatic rings. The highest BCUT2D eigenvalue weighted by molar-refractivity contribution is 7.92. The van der Waals surface area contributed by atoms with Gasteiger partial charge in [-0.15, -0.1) is 0 Å². The lowest BCUT2D eigenvalue weighted by Gasteiger charge is -2.31. The molecule has 0 spiro atoms. The van der Waals surface area contributed by atoms with Crippen molar-refractivity contribution in [3.63, 3.8) is 0 Å². The van der Waals surface area contributed by atoms with E-state index in [0.717, 1.165) is 41.0 Å². The van der Waals surface area contributed by atoms with Crippen LogP contribution in [0.5, 0.6) is 11.5 Å². The SMILES string of the molecule is C=CS(=O)(=O)N1CCC[C@@H](n2nc(-c3ccc(Oc4ccccc4)cc3)cc2N)C1. The van der Waals surface area contributed by atoms with E-state index in [0.29, 0.717) is 18.9 Å². The third-order valence-corrected chi connectivity index (χ3v) is 6.64. The lowest BCUT2D eigenvalue weighted by atomic mass is 10.1. The maximum absolute atomic E-state index is 12.1. The van der Waals surface area contributed by atoms with Crippen molar-refractivity contribution < 1.29 is 13.2 Å². The fourth-order valence-corrected chi connectivity index (χ4v) is 4.59. The number of hydrogen-bond acceptors (Lipinski definition) is 5. The Morgan fingerprint density at radius 3 is 2.50 bits per heavy atom. The third kappa shape index (κ3) is 4.24. The molecule has 1 aliphatic rings. The topological polar surface area (TPSA) is 90.5 Å². The first-order valence-electron chi connectivity index (χ1n) is 9.77. The fraction of sp³-hybridized carbons (Fsp3) is 0.227. The molecule has 0 saturated carbocycles. The predicted molar refractivity (Wildman–Crippen MR) is 118 cm³/mol. The Bertz CT molecular complexity index is 1120. The number of piperidine rings is 1. The second-order valence-electron chi connectivity index (χ2n) is 7.20. The Kier molecular flexibility index (Phi) is 5.61. The van der Waals surface area contributed by atoms with Gasteiger partial charge in [-0.2, -0.15) is 9.40 Å². The summed E-state index contributed by atoms with van der Waals surface area (Å²) < 4.78 is 33.3. The standard InChI is InChI=1S/C22H24N4O3S/c1-2-30(27,28)25-14-6-7-18(16-25)26-22(23)15-21(24-26)17-10-12-20(13-11-17)29-19-8-4-3-5-9-19/h2-5,8-13,15,18H,1,6-7,14,16,23H2/t18-/m1/s1. The lowest BCUT2D eigenvalue weighted by molar-refractivity contribution is 0.258. The van der Waals surface area contributed by atoms with Gasteiger partial charge in [-0.25, -0.2) is 13.1 Å². The van der Waals surface area contributed by atoms with Crippen LogP contribution in [-0.2, 0) is 10.0 Å². The number of nitrogens with zero attached hydrogens (tertiary/aromatic N) is 3. The summed E-state index contributed by atoms with van der Waals surface area (Å²) in [4.78, 5) is 0. The van der Waals surface area contributed by atoms with Crippen LogP contribution in [0.2, 0.25) is 0 Å². The van der Waals surface area contributed by atoms with Gasteiger partial charge in [-0.1, -0.05) is 24.8 Å². The molecule has 1 fully saturated rings. The number of nitrogens with two attached hydrogens (primary N) is 1. The number of nitrogen functional groups attached to an aromatic ring is 1. The monoisotopic (exact) mass is 424 g/mol. The van der Waals surface area contributed by atoms with Gasteiger partial charge in [-0.05, 0) is 49.2 Å². The number of sulfonamides is 1. The van der Waals surface area contributed by atoms with E-state index in [1.54, 1.807) is 4.68 Å². The first-order chi connectivity index (χ1) is 14.5. The fourth-order valence-electron chi connectivity index (χ4n) is 3.62. The summed E-state index contributed by atoms with van der Waals surface area (Å²) in [5, 5.41) is 5.66. The molecule has 1 saturated heterocycles. The van der Waals surface area contributed by atoms with Crippen molar-refractivity contribution in [2.24, 2.45) is 0 Å². The zero-order valence-corrected chi connectivity index (χ0v) is 17.3. The molecule has 30 heavy (non-hydrogen) atoms. The molecular formula is C22H24N4O3S. The van der Waals surface area contributed by atoms with Gasteiger partial charge in [0, 0.05) is 30.1 Å². The number of ether oxygens (including phenoxy) is 1. The second kappa shape index (κ2) is 8.33. The van der Waals surface area contributed by atoms with Crippen molar-refractivity contribution in [1.82, 2.24) is 14.1 Å². The smallest absolute Gasteiger partial charge is 0.235 e. The Hall–Kier alpha value is -3.10. The summed E-state index contributed by atoms with van der Waals surface area (Å²) in [7, 11) is -3.45. The number of anilines is 1. The molecule has 2 aromatic carbocycles. The predicted octanol–water partition coefficient (Wildman–Crippen LogP) is 4.03. The zero-order valence-electron chi connectivity index (χ0n) is 16.5.